The van der Waals surface area contributed by atoms with E-state index in [0.717, 1.165) is 15.4 Å². The van der Waals surface area contributed by atoms with E-state index in [1.165, 1.54) is 26.2 Å². The molecule has 0 unspecified atom stereocenters. The number of amides is 1. The number of nitrogens with zero attached hydrogens (tertiary/aromatic N) is 1. The van der Waals surface area contributed by atoms with Crippen molar-refractivity contribution >= 4 is 21.6 Å². The molecule has 0 aliphatic heterocycles. The molecule has 0 aliphatic rings. The highest BCUT2D eigenvalue weighted by Crippen LogP contribution is 2.18. The van der Waals surface area contributed by atoms with E-state index in [1.807, 2.05) is 32.0 Å². The highest BCUT2D eigenvalue weighted by Gasteiger charge is 2.16. The summed E-state index contributed by atoms with van der Waals surface area (Å²) in [6, 6.07) is 11.6. The maximum Gasteiger partial charge on any atom is 0.262 e. The predicted octanol–water partition coefficient (Wildman–Crippen LogP) is 2.57. The van der Waals surface area contributed by atoms with Crippen LogP contribution in [-0.4, -0.2) is 39.3 Å². The van der Waals surface area contributed by atoms with Crippen LogP contribution in [0.25, 0.3) is 0 Å². The molecular weight excluding hydrogens is 340 g/mol. The molecule has 7 heteroatoms. The Balaban J connectivity index is 1.95. The molecule has 0 saturated carbocycles. The van der Waals surface area contributed by atoms with Gasteiger partial charge in [0, 0.05) is 19.8 Å². The quantitative estimate of drug-likeness (QED) is 0.857. The molecule has 1 amide bonds. The summed E-state index contributed by atoms with van der Waals surface area (Å²) in [5.74, 6) is 0.312. The van der Waals surface area contributed by atoms with Gasteiger partial charge in [0.25, 0.3) is 5.91 Å². The average molecular weight is 362 g/mol. The van der Waals surface area contributed by atoms with Crippen molar-refractivity contribution in [3.63, 3.8) is 0 Å². The van der Waals surface area contributed by atoms with Crippen molar-refractivity contribution < 1.29 is 17.9 Å². The Kier molecular flexibility index (Phi) is 5.81. The van der Waals surface area contributed by atoms with Gasteiger partial charge in [-0.15, -0.1) is 0 Å². The zero-order chi connectivity index (χ0) is 18.6. The third kappa shape index (κ3) is 4.80. The molecule has 0 aliphatic carbocycles. The second kappa shape index (κ2) is 7.67. The number of benzene rings is 2. The van der Waals surface area contributed by atoms with Gasteiger partial charge in [-0.05, 0) is 61.4 Å². The Morgan fingerprint density at radius 2 is 1.68 bits per heavy atom. The number of carbonyl (C=O) groups excluding carboxylic acids is 1. The minimum atomic E-state index is -3.48. The number of nitrogens with one attached hydrogen (secondary N) is 1. The lowest BCUT2D eigenvalue weighted by atomic mass is 10.1. The first-order valence-corrected chi connectivity index (χ1v) is 9.16. The fourth-order valence-corrected chi connectivity index (χ4v) is 2.97. The van der Waals surface area contributed by atoms with Crippen molar-refractivity contribution in [1.82, 2.24) is 4.31 Å². The summed E-state index contributed by atoms with van der Waals surface area (Å²) in [4.78, 5) is 12.1. The van der Waals surface area contributed by atoms with Gasteiger partial charge < -0.3 is 10.1 Å². The third-order valence-corrected chi connectivity index (χ3v) is 5.59. The molecule has 0 aromatic heterocycles. The van der Waals surface area contributed by atoms with E-state index in [-0.39, 0.29) is 17.4 Å². The molecule has 2 rings (SSSR count). The molecule has 2 aromatic carbocycles. The van der Waals surface area contributed by atoms with Gasteiger partial charge in [0.15, 0.2) is 6.61 Å². The van der Waals surface area contributed by atoms with E-state index in [0.29, 0.717) is 11.4 Å². The molecule has 0 atom stereocenters. The van der Waals surface area contributed by atoms with Crippen LogP contribution in [0, 0.1) is 13.8 Å². The molecule has 134 valence electrons. The summed E-state index contributed by atoms with van der Waals surface area (Å²) in [5.41, 5.74) is 2.76. The lowest BCUT2D eigenvalue weighted by molar-refractivity contribution is -0.118. The number of hydrogen-bond donors (Lipinski definition) is 1. The predicted molar refractivity (Wildman–Crippen MR) is 97.4 cm³/mol. The van der Waals surface area contributed by atoms with Crippen molar-refractivity contribution in [1.29, 1.82) is 0 Å². The van der Waals surface area contributed by atoms with Crippen LogP contribution in [0.3, 0.4) is 0 Å². The fraction of sp³-hybridized carbons (Fsp3) is 0.278. The second-order valence-corrected chi connectivity index (χ2v) is 8.05. The highest BCUT2D eigenvalue weighted by molar-refractivity contribution is 7.89. The zero-order valence-electron chi connectivity index (χ0n) is 14.7. The summed E-state index contributed by atoms with van der Waals surface area (Å²) in [5, 5.41) is 2.67. The average Bonchev–Trinajstić information content (AvgIpc) is 2.56. The first-order chi connectivity index (χ1) is 11.7. The molecule has 6 nitrogen and oxygen atoms in total. The third-order valence-electron chi connectivity index (χ3n) is 3.76. The monoisotopic (exact) mass is 362 g/mol. The molecule has 0 saturated heterocycles. The molecular formula is C18H22N2O4S. The topological polar surface area (TPSA) is 75.7 Å². The molecule has 0 radical (unpaired) electrons. The maximum absolute atomic E-state index is 12.0. The van der Waals surface area contributed by atoms with E-state index in [2.05, 4.69) is 5.32 Å². The number of aryl methyl sites for hydroxylation is 2. The fourth-order valence-electron chi connectivity index (χ4n) is 2.07. The van der Waals surface area contributed by atoms with Crippen LogP contribution in [0.2, 0.25) is 0 Å². The van der Waals surface area contributed by atoms with Gasteiger partial charge in [-0.2, -0.15) is 0 Å². The number of anilines is 1. The number of rotatable bonds is 6. The van der Waals surface area contributed by atoms with Crippen molar-refractivity contribution in [3.05, 3.63) is 53.6 Å². The molecule has 0 fully saturated rings. The number of sulfonamides is 1. The van der Waals surface area contributed by atoms with Crippen LogP contribution < -0.4 is 10.1 Å². The van der Waals surface area contributed by atoms with Crippen LogP contribution in [0.4, 0.5) is 5.69 Å². The Labute approximate surface area is 148 Å². The van der Waals surface area contributed by atoms with Gasteiger partial charge in [-0.25, -0.2) is 12.7 Å². The van der Waals surface area contributed by atoms with Crippen LogP contribution in [-0.2, 0) is 14.8 Å². The number of carbonyl (C=O) groups is 1. The van der Waals surface area contributed by atoms with E-state index in [9.17, 15) is 13.2 Å². The molecule has 1 N–H and O–H groups in total. The SMILES string of the molecule is Cc1ccc(OCC(=O)Nc2ccc(S(=O)(=O)N(C)C)cc2)cc1C. The lowest BCUT2D eigenvalue weighted by Crippen LogP contribution is -2.22. The first-order valence-electron chi connectivity index (χ1n) is 7.72. The van der Waals surface area contributed by atoms with Gasteiger partial charge >= 0.3 is 0 Å². The van der Waals surface area contributed by atoms with Crippen LogP contribution in [0.1, 0.15) is 11.1 Å². The minimum Gasteiger partial charge on any atom is -0.484 e. The summed E-state index contributed by atoms with van der Waals surface area (Å²) < 4.78 is 30.6. The van der Waals surface area contributed by atoms with Gasteiger partial charge in [-0.1, -0.05) is 6.07 Å². The van der Waals surface area contributed by atoms with Crippen molar-refractivity contribution in [3.8, 4) is 5.75 Å². The van der Waals surface area contributed by atoms with Gasteiger partial charge in [0.1, 0.15) is 5.75 Å². The molecule has 0 heterocycles. The van der Waals surface area contributed by atoms with Crippen molar-refractivity contribution in [2.45, 2.75) is 18.7 Å². The van der Waals surface area contributed by atoms with E-state index < -0.39 is 10.0 Å². The van der Waals surface area contributed by atoms with Gasteiger partial charge in [0.05, 0.1) is 4.90 Å². The maximum atomic E-state index is 12.0. The van der Waals surface area contributed by atoms with E-state index >= 15 is 0 Å². The van der Waals surface area contributed by atoms with Crippen molar-refractivity contribution in [2.24, 2.45) is 0 Å². The zero-order valence-corrected chi connectivity index (χ0v) is 15.6. The summed E-state index contributed by atoms with van der Waals surface area (Å²) in [6.07, 6.45) is 0. The van der Waals surface area contributed by atoms with Gasteiger partial charge in [-0.3, -0.25) is 4.79 Å². The second-order valence-electron chi connectivity index (χ2n) is 5.89. The van der Waals surface area contributed by atoms with Crippen LogP contribution >= 0.6 is 0 Å². The Hall–Kier alpha value is -2.38. The Bertz CT molecular complexity index is 859. The molecule has 25 heavy (non-hydrogen) atoms. The molecule has 0 bridgehead atoms. The van der Waals surface area contributed by atoms with Crippen molar-refractivity contribution in [2.75, 3.05) is 26.0 Å². The summed E-state index contributed by atoms with van der Waals surface area (Å²) in [6.45, 7) is 3.86. The Morgan fingerprint density at radius 1 is 1.04 bits per heavy atom. The Morgan fingerprint density at radius 3 is 2.24 bits per heavy atom. The first kappa shape index (κ1) is 19.0. The normalized spacial score (nSPS) is 11.4. The summed E-state index contributed by atoms with van der Waals surface area (Å²) in [7, 11) is -0.545. The van der Waals surface area contributed by atoms with Crippen LogP contribution in [0.5, 0.6) is 5.75 Å². The highest BCUT2D eigenvalue weighted by atomic mass is 32.2. The lowest BCUT2D eigenvalue weighted by Gasteiger charge is -2.12. The largest absolute Gasteiger partial charge is 0.484 e. The van der Waals surface area contributed by atoms with E-state index in [1.54, 1.807) is 12.1 Å². The van der Waals surface area contributed by atoms with Crippen LogP contribution in [0.15, 0.2) is 47.4 Å². The van der Waals surface area contributed by atoms with Gasteiger partial charge in [0.2, 0.25) is 10.0 Å². The molecule has 0 spiro atoms. The number of hydrogen-bond acceptors (Lipinski definition) is 4. The number of ether oxygens (including phenoxy) is 1. The molecule has 2 aromatic rings. The minimum absolute atomic E-state index is 0.125. The van der Waals surface area contributed by atoms with E-state index in [4.69, 9.17) is 4.74 Å². The smallest absolute Gasteiger partial charge is 0.262 e. The summed E-state index contributed by atoms with van der Waals surface area (Å²) >= 11 is 0. The standard InChI is InChI=1S/C18H22N2O4S/c1-13-5-8-16(11-14(13)2)24-12-18(21)19-15-6-9-17(10-7-15)25(22,23)20(3)4/h5-11H,12H2,1-4H3,(H,19,21).